The van der Waals surface area contributed by atoms with Crippen LogP contribution in [0.3, 0.4) is 0 Å². The number of hydrogen-bond acceptors (Lipinski definition) is 9. The lowest BCUT2D eigenvalue weighted by Crippen LogP contribution is -2.46. The van der Waals surface area contributed by atoms with Crippen LogP contribution >= 0.6 is 0 Å². The first-order valence-electron chi connectivity index (χ1n) is 17.0. The Morgan fingerprint density at radius 2 is 1.55 bits per heavy atom. The third-order valence-corrected chi connectivity index (χ3v) is 9.42. The summed E-state index contributed by atoms with van der Waals surface area (Å²) in [5, 5.41) is 12.6. The third-order valence-electron chi connectivity index (χ3n) is 9.42. The molecule has 2 aliphatic rings. The summed E-state index contributed by atoms with van der Waals surface area (Å²) in [6.45, 7) is 6.37. The molecule has 0 saturated carbocycles. The van der Waals surface area contributed by atoms with Gasteiger partial charge in [0.05, 0.1) is 36.3 Å². The van der Waals surface area contributed by atoms with Gasteiger partial charge in [-0.1, -0.05) is 37.3 Å². The Balaban J connectivity index is 0.990. The highest BCUT2D eigenvalue weighted by Gasteiger charge is 2.45. The number of aromatic nitrogens is 6. The van der Waals surface area contributed by atoms with Crippen molar-refractivity contribution in [2.75, 3.05) is 49.2 Å². The fourth-order valence-corrected chi connectivity index (χ4v) is 6.44. The Kier molecular flexibility index (Phi) is 9.57. The van der Waals surface area contributed by atoms with E-state index in [2.05, 4.69) is 20.2 Å². The largest absolute Gasteiger partial charge is 0.490 e. The molecule has 2 aliphatic heterocycles. The molecule has 15 heteroatoms. The van der Waals surface area contributed by atoms with Gasteiger partial charge < -0.3 is 24.0 Å². The zero-order chi connectivity index (χ0) is 35.6. The van der Waals surface area contributed by atoms with E-state index >= 15 is 0 Å². The van der Waals surface area contributed by atoms with Gasteiger partial charge in [0.15, 0.2) is 0 Å². The lowest BCUT2D eigenvalue weighted by atomic mass is 10.1. The molecular formula is C36H39F3N8O4. The molecule has 2 fully saturated rings. The molecule has 2 saturated heterocycles. The van der Waals surface area contributed by atoms with Crippen molar-refractivity contribution in [3.63, 3.8) is 0 Å². The number of ether oxygens (including phenoxy) is 3. The molecule has 0 amide bonds. The maximum atomic E-state index is 14.4. The fourth-order valence-electron chi connectivity index (χ4n) is 6.44. The van der Waals surface area contributed by atoms with E-state index in [4.69, 9.17) is 14.2 Å². The van der Waals surface area contributed by atoms with E-state index in [1.807, 2.05) is 73.3 Å². The van der Waals surface area contributed by atoms with Gasteiger partial charge in [-0.25, -0.2) is 14.0 Å². The molecule has 0 spiro atoms. The summed E-state index contributed by atoms with van der Waals surface area (Å²) in [5.41, 5.74) is 1.86. The van der Waals surface area contributed by atoms with E-state index in [0.29, 0.717) is 37.6 Å². The molecule has 0 N–H and O–H groups in total. The minimum absolute atomic E-state index is 0.00471. The first-order valence-corrected chi connectivity index (χ1v) is 17.0. The first kappa shape index (κ1) is 34.3. The number of anilines is 2. The van der Waals surface area contributed by atoms with Crippen molar-refractivity contribution in [1.29, 1.82) is 0 Å². The monoisotopic (exact) mass is 704 g/mol. The summed E-state index contributed by atoms with van der Waals surface area (Å²) >= 11 is 0. The van der Waals surface area contributed by atoms with Gasteiger partial charge in [-0.3, -0.25) is 0 Å². The number of hydrogen-bond donors (Lipinski definition) is 0. The Morgan fingerprint density at radius 1 is 0.902 bits per heavy atom. The van der Waals surface area contributed by atoms with Crippen molar-refractivity contribution in [3.05, 3.63) is 113 Å². The van der Waals surface area contributed by atoms with Crippen LogP contribution in [0.25, 0.3) is 5.69 Å². The molecule has 3 aromatic carbocycles. The molecular weight excluding hydrogens is 665 g/mol. The second-order valence-electron chi connectivity index (χ2n) is 12.7. The molecule has 2 aromatic heterocycles. The van der Waals surface area contributed by atoms with E-state index in [-0.39, 0.29) is 37.2 Å². The van der Waals surface area contributed by atoms with Crippen molar-refractivity contribution >= 4 is 11.4 Å². The van der Waals surface area contributed by atoms with Crippen molar-refractivity contribution in [2.45, 2.75) is 50.9 Å². The van der Waals surface area contributed by atoms with Crippen LogP contribution in [0.5, 0.6) is 5.75 Å². The average molecular weight is 705 g/mol. The van der Waals surface area contributed by atoms with Gasteiger partial charge in [0.25, 0.3) is 0 Å². The van der Waals surface area contributed by atoms with Crippen molar-refractivity contribution in [1.82, 2.24) is 29.3 Å². The minimum Gasteiger partial charge on any atom is -0.490 e. The fraction of sp³-hybridized carbons (Fsp3) is 0.389. The van der Waals surface area contributed by atoms with Crippen LogP contribution in [0.4, 0.5) is 24.5 Å². The number of nitrogens with zero attached hydrogens (tertiary/aromatic N) is 8. The molecule has 4 heterocycles. The third kappa shape index (κ3) is 7.21. The van der Waals surface area contributed by atoms with Crippen molar-refractivity contribution < 1.29 is 27.4 Å². The normalized spacial score (nSPS) is 20.1. The lowest BCUT2D eigenvalue weighted by molar-refractivity contribution is -0.192. The maximum absolute atomic E-state index is 14.4. The van der Waals surface area contributed by atoms with Crippen LogP contribution in [0.2, 0.25) is 0 Å². The molecule has 12 nitrogen and oxygen atoms in total. The molecule has 7 rings (SSSR count). The summed E-state index contributed by atoms with van der Waals surface area (Å²) in [6.07, 6.45) is 0.162. The number of rotatable bonds is 11. The maximum Gasteiger partial charge on any atom is 0.420 e. The highest BCUT2D eigenvalue weighted by atomic mass is 19.4. The molecule has 268 valence electrons. The second kappa shape index (κ2) is 14.2. The van der Waals surface area contributed by atoms with E-state index in [9.17, 15) is 18.0 Å². The SMILES string of the molecule is CCC(C)n1ncn(-c2ccc(N3CCN(c4ccc(OC[C@@H]5CO[C@@](Cn6nccn6)(c6ccccc6)O5)c(C(F)(F)F)c4)CC3)cc2)c1=O. The van der Waals surface area contributed by atoms with Gasteiger partial charge in [-0.2, -0.15) is 33.3 Å². The standard InChI is InChI=1S/C36H39F3N8O4/c1-3-26(2)47-34(48)45(25-42-47)29-11-9-28(10-12-29)43-17-19-44(20-18-43)30-13-14-33(32(21-30)36(37,38)39)49-22-31-23-50-35(51-31,24-46-40-15-16-41-46)27-7-5-4-6-8-27/h4-16,21,25-26,31H,3,17-20,22-24H2,1-2H3/t26?,31-,35-/m1/s1. The number of piperazine rings is 1. The van der Waals surface area contributed by atoms with Gasteiger partial charge in [0.1, 0.15) is 31.3 Å². The van der Waals surface area contributed by atoms with Crippen LogP contribution < -0.4 is 20.2 Å². The van der Waals surface area contributed by atoms with Crippen molar-refractivity contribution in [2.24, 2.45) is 0 Å². The Bertz CT molecular complexity index is 1960. The van der Waals surface area contributed by atoms with Gasteiger partial charge in [0, 0.05) is 43.1 Å². The summed E-state index contributed by atoms with van der Waals surface area (Å²) in [6, 6.07) is 21.1. The minimum atomic E-state index is -4.63. The van der Waals surface area contributed by atoms with E-state index in [0.717, 1.165) is 23.7 Å². The highest BCUT2D eigenvalue weighted by molar-refractivity contribution is 5.57. The Labute approximate surface area is 292 Å². The molecule has 1 unspecified atom stereocenters. The zero-order valence-electron chi connectivity index (χ0n) is 28.3. The van der Waals surface area contributed by atoms with Crippen LogP contribution in [0, 0.1) is 0 Å². The predicted octanol–water partition coefficient (Wildman–Crippen LogP) is 5.29. The molecule has 0 aliphatic carbocycles. The van der Waals surface area contributed by atoms with Gasteiger partial charge in [-0.05, 0) is 55.8 Å². The quantitative estimate of drug-likeness (QED) is 0.182. The smallest absolute Gasteiger partial charge is 0.420 e. The highest BCUT2D eigenvalue weighted by Crippen LogP contribution is 2.40. The second-order valence-corrected chi connectivity index (χ2v) is 12.7. The first-order chi connectivity index (χ1) is 24.6. The molecule has 0 bridgehead atoms. The summed E-state index contributed by atoms with van der Waals surface area (Å²) in [5.74, 6) is -1.49. The lowest BCUT2D eigenvalue weighted by Gasteiger charge is -2.37. The summed E-state index contributed by atoms with van der Waals surface area (Å²) in [7, 11) is 0. The predicted molar refractivity (Wildman–Crippen MR) is 183 cm³/mol. The Morgan fingerprint density at radius 3 is 2.22 bits per heavy atom. The molecule has 5 aromatic rings. The van der Waals surface area contributed by atoms with Gasteiger partial charge >= 0.3 is 11.9 Å². The van der Waals surface area contributed by atoms with Crippen LogP contribution in [0.1, 0.15) is 37.4 Å². The zero-order valence-corrected chi connectivity index (χ0v) is 28.3. The number of alkyl halides is 3. The topological polar surface area (TPSA) is 105 Å². The van der Waals surface area contributed by atoms with Crippen LogP contribution in [-0.2, 0) is 28.0 Å². The number of benzene rings is 3. The van der Waals surface area contributed by atoms with E-state index in [1.54, 1.807) is 18.5 Å². The molecule has 51 heavy (non-hydrogen) atoms. The van der Waals surface area contributed by atoms with Crippen LogP contribution in [-0.4, -0.2) is 74.8 Å². The average Bonchev–Trinajstić information content (AvgIpc) is 3.92. The summed E-state index contributed by atoms with van der Waals surface area (Å²) in [4.78, 5) is 18.4. The molecule has 0 radical (unpaired) electrons. The molecule has 3 atom stereocenters. The van der Waals surface area contributed by atoms with Crippen LogP contribution in [0.15, 0.2) is 96.3 Å². The van der Waals surface area contributed by atoms with E-state index in [1.165, 1.54) is 26.4 Å². The van der Waals surface area contributed by atoms with Gasteiger partial charge in [-0.15, -0.1) is 0 Å². The Hall–Kier alpha value is -5.15. The van der Waals surface area contributed by atoms with E-state index < -0.39 is 23.6 Å². The van der Waals surface area contributed by atoms with Crippen molar-refractivity contribution in [3.8, 4) is 11.4 Å². The van der Waals surface area contributed by atoms with Gasteiger partial charge in [0.2, 0.25) is 5.79 Å². The number of halogens is 3. The summed E-state index contributed by atoms with van der Waals surface area (Å²) < 4.78 is 64.3.